The first-order valence-corrected chi connectivity index (χ1v) is 15.6. The molecule has 2 aliphatic heterocycles. The highest BCUT2D eigenvalue weighted by atomic mass is 16.6. The van der Waals surface area contributed by atoms with Gasteiger partial charge in [-0.15, -0.1) is 0 Å². The second-order valence-corrected chi connectivity index (χ2v) is 11.4. The Morgan fingerprint density at radius 2 is 1.32 bits per heavy atom. The molecule has 3 atom stereocenters. The van der Waals surface area contributed by atoms with Gasteiger partial charge in [0.15, 0.2) is 0 Å². The topological polar surface area (TPSA) is 97.8 Å². The number of amides is 3. The van der Waals surface area contributed by atoms with Crippen molar-refractivity contribution in [1.29, 1.82) is 0 Å². The third-order valence-corrected chi connectivity index (χ3v) is 8.69. The first-order chi connectivity index (χ1) is 22.9. The molecule has 242 valence electrons. The van der Waals surface area contributed by atoms with E-state index in [1.165, 1.54) is 9.80 Å². The van der Waals surface area contributed by atoms with Crippen molar-refractivity contribution >= 4 is 11.9 Å². The second-order valence-electron chi connectivity index (χ2n) is 11.4. The van der Waals surface area contributed by atoms with Crippen LogP contribution in [0.3, 0.4) is 0 Å². The van der Waals surface area contributed by atoms with Crippen LogP contribution in [0.15, 0.2) is 121 Å². The first kappa shape index (κ1) is 32.0. The minimum Gasteiger partial charge on any atom is -0.497 e. The summed E-state index contributed by atoms with van der Waals surface area (Å²) in [4.78, 5) is 29.7. The highest BCUT2D eigenvalue weighted by Gasteiger charge is 2.44. The summed E-state index contributed by atoms with van der Waals surface area (Å²) in [6, 6.07) is 33.5. The molecule has 47 heavy (non-hydrogen) atoms. The van der Waals surface area contributed by atoms with Crippen molar-refractivity contribution in [3.8, 4) is 11.5 Å². The summed E-state index contributed by atoms with van der Waals surface area (Å²) in [5.74, 6) is 1.02. The summed E-state index contributed by atoms with van der Waals surface area (Å²) in [7, 11) is 3.24. The fraction of sp³-hybridized carbons (Fsp3) is 0.263. The number of ether oxygens (including phenoxy) is 4. The number of imide groups is 1. The van der Waals surface area contributed by atoms with Crippen LogP contribution >= 0.6 is 0 Å². The molecule has 9 nitrogen and oxygen atoms in total. The van der Waals surface area contributed by atoms with Crippen LogP contribution in [0.2, 0.25) is 0 Å². The van der Waals surface area contributed by atoms with E-state index in [1.54, 1.807) is 44.6 Å². The maximum absolute atomic E-state index is 13.7. The molecular weight excluding hydrogens is 596 g/mol. The van der Waals surface area contributed by atoms with Gasteiger partial charge in [0.25, 0.3) is 5.91 Å². The number of urea groups is 1. The van der Waals surface area contributed by atoms with E-state index in [-0.39, 0.29) is 26.1 Å². The molecule has 0 bridgehead atoms. The minimum absolute atomic E-state index is 0.00908. The zero-order chi connectivity index (χ0) is 32.8. The van der Waals surface area contributed by atoms with Crippen LogP contribution in [0, 0.1) is 0 Å². The van der Waals surface area contributed by atoms with Crippen LogP contribution in [0.5, 0.6) is 11.5 Å². The maximum Gasteiger partial charge on any atom is 0.329 e. The highest BCUT2D eigenvalue weighted by molar-refractivity contribution is 6.04. The van der Waals surface area contributed by atoms with Crippen LogP contribution in [-0.4, -0.2) is 79.2 Å². The molecule has 2 heterocycles. The van der Waals surface area contributed by atoms with E-state index in [0.717, 1.165) is 16.7 Å². The van der Waals surface area contributed by atoms with Crippen molar-refractivity contribution in [2.75, 3.05) is 33.9 Å². The summed E-state index contributed by atoms with van der Waals surface area (Å²) < 4.78 is 24.2. The molecule has 0 aliphatic carbocycles. The number of nitrogens with zero attached hydrogens (tertiary/aromatic N) is 2. The van der Waals surface area contributed by atoms with Gasteiger partial charge in [-0.25, -0.2) is 4.79 Å². The monoisotopic (exact) mass is 634 g/mol. The van der Waals surface area contributed by atoms with E-state index in [9.17, 15) is 14.7 Å². The van der Waals surface area contributed by atoms with Crippen molar-refractivity contribution in [1.82, 2.24) is 9.80 Å². The van der Waals surface area contributed by atoms with Crippen molar-refractivity contribution in [3.63, 3.8) is 0 Å². The molecule has 3 amide bonds. The third-order valence-electron chi connectivity index (χ3n) is 8.69. The lowest BCUT2D eigenvalue weighted by Gasteiger charge is -2.37. The maximum atomic E-state index is 13.7. The number of carbonyl (C=O) groups excluding carboxylic acids is 2. The molecule has 1 N–H and O–H groups in total. The number of aliphatic hydroxyl groups is 1. The highest BCUT2D eigenvalue weighted by Crippen LogP contribution is 2.42. The fourth-order valence-corrected chi connectivity index (χ4v) is 6.17. The van der Waals surface area contributed by atoms with Crippen molar-refractivity contribution in [2.24, 2.45) is 0 Å². The van der Waals surface area contributed by atoms with E-state index in [1.807, 2.05) is 91.0 Å². The second kappa shape index (κ2) is 14.2. The Morgan fingerprint density at radius 1 is 0.787 bits per heavy atom. The van der Waals surface area contributed by atoms with Gasteiger partial charge >= 0.3 is 6.03 Å². The molecule has 1 unspecified atom stereocenters. The van der Waals surface area contributed by atoms with Gasteiger partial charge in [0.1, 0.15) is 29.4 Å². The van der Waals surface area contributed by atoms with Crippen LogP contribution in [0.1, 0.15) is 33.5 Å². The molecule has 0 aromatic heterocycles. The van der Waals surface area contributed by atoms with Gasteiger partial charge in [-0.2, -0.15) is 0 Å². The standard InChI is InChI=1S/C38H38N2O7/c1-44-31-19-15-29(16-20-31)38(28-13-7-4-8-14-28,30-17-21-32(45-2)22-18-30)46-26-34-33(41)25-35(47-34)39-23-9-10-24-40(37(39)43)36(42)27-11-5-3-6-12-27/h3-22,33-35,41H,23-26H2,1-2H3/t33?,34-,35-/m1/s1. The molecule has 0 spiro atoms. The third kappa shape index (κ3) is 6.51. The first-order valence-electron chi connectivity index (χ1n) is 15.6. The van der Waals surface area contributed by atoms with E-state index < -0.39 is 36.0 Å². The number of hydrogen-bond acceptors (Lipinski definition) is 7. The Kier molecular flexibility index (Phi) is 9.68. The van der Waals surface area contributed by atoms with Gasteiger partial charge in [-0.05, 0) is 53.1 Å². The molecule has 0 radical (unpaired) electrons. The van der Waals surface area contributed by atoms with Gasteiger partial charge in [0.05, 0.1) is 26.9 Å². The number of hydrogen-bond donors (Lipinski definition) is 1. The summed E-state index contributed by atoms with van der Waals surface area (Å²) in [5, 5.41) is 11.3. The summed E-state index contributed by atoms with van der Waals surface area (Å²) in [5.41, 5.74) is 1.90. The number of methoxy groups -OCH3 is 2. The van der Waals surface area contributed by atoms with E-state index in [2.05, 4.69) is 0 Å². The van der Waals surface area contributed by atoms with Gasteiger partial charge in [-0.3, -0.25) is 14.6 Å². The van der Waals surface area contributed by atoms with E-state index in [0.29, 0.717) is 17.1 Å². The van der Waals surface area contributed by atoms with Crippen molar-refractivity contribution in [2.45, 2.75) is 30.5 Å². The van der Waals surface area contributed by atoms with Gasteiger partial charge in [0.2, 0.25) is 0 Å². The quantitative estimate of drug-likeness (QED) is 0.179. The Hall–Kier alpha value is -4.96. The molecule has 1 saturated heterocycles. The van der Waals surface area contributed by atoms with Crippen molar-refractivity contribution < 1.29 is 33.6 Å². The predicted molar refractivity (Wildman–Crippen MR) is 176 cm³/mol. The van der Waals surface area contributed by atoms with E-state index in [4.69, 9.17) is 18.9 Å². The Morgan fingerprint density at radius 3 is 1.89 bits per heavy atom. The Balaban J connectivity index is 1.29. The molecule has 0 saturated carbocycles. The average Bonchev–Trinajstić information content (AvgIpc) is 3.38. The van der Waals surface area contributed by atoms with Crippen LogP contribution in [0.25, 0.3) is 0 Å². The lowest BCUT2D eigenvalue weighted by Crippen LogP contribution is -2.49. The SMILES string of the molecule is COc1ccc(C(OC[C@H]2O[C@@H](N3CC=CCN(C(=O)c4ccccc4)C3=O)CC2O)(c2ccccc2)c2ccc(OC)cc2)cc1. The molecule has 4 aromatic rings. The van der Waals surface area contributed by atoms with Crippen LogP contribution in [-0.2, 0) is 15.1 Å². The smallest absolute Gasteiger partial charge is 0.329 e. The minimum atomic E-state index is -1.10. The number of aliphatic hydroxyl groups excluding tert-OH is 1. The Bertz CT molecular complexity index is 1630. The average molecular weight is 635 g/mol. The van der Waals surface area contributed by atoms with E-state index >= 15 is 0 Å². The molecule has 4 aromatic carbocycles. The normalized spacial score (nSPS) is 19.8. The van der Waals surface area contributed by atoms with Gasteiger partial charge in [-0.1, -0.05) is 84.9 Å². The van der Waals surface area contributed by atoms with Crippen LogP contribution in [0.4, 0.5) is 4.79 Å². The zero-order valence-corrected chi connectivity index (χ0v) is 26.4. The van der Waals surface area contributed by atoms with Gasteiger partial charge in [0, 0.05) is 25.1 Å². The number of rotatable bonds is 10. The zero-order valence-electron chi connectivity index (χ0n) is 26.4. The molecule has 1 fully saturated rings. The lowest BCUT2D eigenvalue weighted by molar-refractivity contribution is -0.102. The molecule has 9 heteroatoms. The summed E-state index contributed by atoms with van der Waals surface area (Å²) in [6.45, 7) is 0.400. The molecular formula is C38H38N2O7. The summed E-state index contributed by atoms with van der Waals surface area (Å²) >= 11 is 0. The Labute approximate surface area is 274 Å². The number of carbonyl (C=O) groups is 2. The largest absolute Gasteiger partial charge is 0.497 e. The van der Waals surface area contributed by atoms with Gasteiger partial charge < -0.3 is 24.1 Å². The lowest BCUT2D eigenvalue weighted by atomic mass is 9.80. The molecule has 6 rings (SSSR count). The van der Waals surface area contributed by atoms with Crippen LogP contribution < -0.4 is 9.47 Å². The van der Waals surface area contributed by atoms with Crippen molar-refractivity contribution in [3.05, 3.63) is 144 Å². The molecule has 2 aliphatic rings. The fourth-order valence-electron chi connectivity index (χ4n) is 6.17. The number of benzene rings is 4. The predicted octanol–water partition coefficient (Wildman–Crippen LogP) is 5.62. The summed E-state index contributed by atoms with van der Waals surface area (Å²) in [6.07, 6.45) is 1.38.